The first-order valence-electron chi connectivity index (χ1n) is 8.47. The molecule has 8 heteroatoms. The number of carbonyl (C=O) groups is 2. The van der Waals surface area contributed by atoms with E-state index in [0.29, 0.717) is 10.8 Å². The molecule has 0 bridgehead atoms. The molecule has 0 unspecified atom stereocenters. The highest BCUT2D eigenvalue weighted by atomic mass is 32.1. The van der Waals surface area contributed by atoms with Gasteiger partial charge in [-0.2, -0.15) is 0 Å². The fourth-order valence-corrected chi connectivity index (χ4v) is 2.97. The number of amides is 1. The smallest absolute Gasteiger partial charge is 0.325 e. The van der Waals surface area contributed by atoms with E-state index in [1.54, 1.807) is 5.38 Å². The Labute approximate surface area is 165 Å². The maximum Gasteiger partial charge on any atom is 0.325 e. The summed E-state index contributed by atoms with van der Waals surface area (Å²) in [4.78, 5) is 28.0. The predicted octanol–water partition coefficient (Wildman–Crippen LogP) is 3.81. The molecule has 2 aromatic carbocycles. The van der Waals surface area contributed by atoms with E-state index in [9.17, 15) is 14.0 Å². The molecule has 0 saturated carbocycles. The molecule has 144 valence electrons. The minimum absolute atomic E-state index is 0.0112. The topological polar surface area (TPSA) is 80.3 Å². The molecular formula is C20H18FN3O3S. The summed E-state index contributed by atoms with van der Waals surface area (Å²) in [5.41, 5.74) is 2.97. The Kier molecular flexibility index (Phi) is 6.33. The summed E-state index contributed by atoms with van der Waals surface area (Å²) >= 11 is 1.40. The van der Waals surface area contributed by atoms with Crippen molar-refractivity contribution in [3.8, 4) is 0 Å². The van der Waals surface area contributed by atoms with Gasteiger partial charge in [0.15, 0.2) is 5.13 Å². The first-order valence-corrected chi connectivity index (χ1v) is 9.35. The molecule has 0 aliphatic rings. The number of esters is 1. The number of rotatable bonds is 7. The van der Waals surface area contributed by atoms with Crippen molar-refractivity contribution >= 4 is 34.0 Å². The number of halogens is 1. The summed E-state index contributed by atoms with van der Waals surface area (Å²) in [6.07, 6.45) is 0. The number of anilines is 2. The normalized spacial score (nSPS) is 10.4. The lowest BCUT2D eigenvalue weighted by Crippen LogP contribution is -2.30. The highest BCUT2D eigenvalue weighted by molar-refractivity contribution is 7.13. The summed E-state index contributed by atoms with van der Waals surface area (Å²) in [5, 5.41) is 8.10. The molecule has 3 rings (SSSR count). The number of nitrogens with one attached hydrogen (secondary N) is 2. The molecule has 6 nitrogen and oxygen atoms in total. The monoisotopic (exact) mass is 399 g/mol. The number of aromatic nitrogens is 1. The molecule has 1 heterocycles. The van der Waals surface area contributed by atoms with Crippen molar-refractivity contribution in [1.82, 2.24) is 10.3 Å². The average molecular weight is 399 g/mol. The van der Waals surface area contributed by atoms with Crippen LogP contribution in [0.2, 0.25) is 0 Å². The summed E-state index contributed by atoms with van der Waals surface area (Å²) in [6.45, 7) is 1.74. The summed E-state index contributed by atoms with van der Waals surface area (Å²) in [7, 11) is 0. The van der Waals surface area contributed by atoms with Crippen molar-refractivity contribution in [1.29, 1.82) is 0 Å². The van der Waals surface area contributed by atoms with Crippen LogP contribution < -0.4 is 10.6 Å². The van der Waals surface area contributed by atoms with Crippen molar-refractivity contribution in [2.24, 2.45) is 0 Å². The molecule has 3 aromatic rings. The zero-order valence-corrected chi connectivity index (χ0v) is 15.9. The molecule has 0 atom stereocenters. The predicted molar refractivity (Wildman–Crippen MR) is 105 cm³/mol. The number of carbonyl (C=O) groups excluding carboxylic acids is 2. The largest absolute Gasteiger partial charge is 0.458 e. The van der Waals surface area contributed by atoms with E-state index >= 15 is 0 Å². The molecule has 0 fully saturated rings. The number of benzene rings is 2. The van der Waals surface area contributed by atoms with Gasteiger partial charge in [-0.1, -0.05) is 17.7 Å². The maximum atomic E-state index is 12.9. The number of thiazole rings is 1. The fraction of sp³-hybridized carbons (Fsp3) is 0.150. The van der Waals surface area contributed by atoms with Gasteiger partial charge < -0.3 is 15.4 Å². The first kappa shape index (κ1) is 19.5. The first-order chi connectivity index (χ1) is 13.5. The highest BCUT2D eigenvalue weighted by Crippen LogP contribution is 2.21. The van der Waals surface area contributed by atoms with Crippen molar-refractivity contribution in [2.75, 3.05) is 11.9 Å². The Hall–Kier alpha value is -3.26. The van der Waals surface area contributed by atoms with E-state index in [0.717, 1.165) is 5.69 Å². The average Bonchev–Trinajstić information content (AvgIpc) is 3.14. The van der Waals surface area contributed by atoms with E-state index in [1.165, 1.54) is 41.2 Å². The Balaban J connectivity index is 1.43. The number of nitrogens with zero attached hydrogens (tertiary/aromatic N) is 1. The van der Waals surface area contributed by atoms with Gasteiger partial charge in [-0.05, 0) is 43.3 Å². The summed E-state index contributed by atoms with van der Waals surface area (Å²) in [5.74, 6) is -1.50. The van der Waals surface area contributed by atoms with Crippen LogP contribution in [-0.4, -0.2) is 23.4 Å². The zero-order chi connectivity index (χ0) is 19.9. The van der Waals surface area contributed by atoms with Gasteiger partial charge in [0.25, 0.3) is 5.91 Å². The summed E-state index contributed by atoms with van der Waals surface area (Å²) in [6, 6.07) is 13.0. The van der Waals surface area contributed by atoms with Gasteiger partial charge in [0.1, 0.15) is 19.0 Å². The van der Waals surface area contributed by atoms with E-state index in [1.807, 2.05) is 31.2 Å². The van der Waals surface area contributed by atoms with Crippen LogP contribution in [0.3, 0.4) is 0 Å². The Morgan fingerprint density at radius 2 is 1.82 bits per heavy atom. The number of hydrogen-bond donors (Lipinski definition) is 2. The minimum Gasteiger partial charge on any atom is -0.458 e. The van der Waals surface area contributed by atoms with Gasteiger partial charge in [0.2, 0.25) is 0 Å². The van der Waals surface area contributed by atoms with Crippen molar-refractivity contribution in [2.45, 2.75) is 13.5 Å². The fourth-order valence-electron chi connectivity index (χ4n) is 2.25. The van der Waals surface area contributed by atoms with E-state index in [-0.39, 0.29) is 18.7 Å². The van der Waals surface area contributed by atoms with Gasteiger partial charge in [0, 0.05) is 16.6 Å². The van der Waals surface area contributed by atoms with E-state index < -0.39 is 17.7 Å². The van der Waals surface area contributed by atoms with Gasteiger partial charge in [-0.25, -0.2) is 9.37 Å². The molecule has 1 aromatic heterocycles. The van der Waals surface area contributed by atoms with Crippen LogP contribution in [0.25, 0.3) is 0 Å². The standard InChI is InChI=1S/C20H18FN3O3S/c1-13-2-8-16(9-3-13)23-20-24-17(12-28-20)11-27-18(25)10-22-19(26)14-4-6-15(21)7-5-14/h2-9,12H,10-11H2,1H3,(H,22,26)(H,23,24). The Bertz CT molecular complexity index is 956. The molecule has 2 N–H and O–H groups in total. The van der Waals surface area contributed by atoms with Gasteiger partial charge in [0.05, 0.1) is 5.69 Å². The molecule has 0 saturated heterocycles. The van der Waals surface area contributed by atoms with Crippen molar-refractivity contribution in [3.05, 3.63) is 76.5 Å². The number of ether oxygens (including phenoxy) is 1. The summed E-state index contributed by atoms with van der Waals surface area (Å²) < 4.78 is 18.0. The van der Waals surface area contributed by atoms with Crippen LogP contribution in [0, 0.1) is 12.7 Å². The van der Waals surface area contributed by atoms with Crippen LogP contribution in [0.15, 0.2) is 53.9 Å². The molecule has 0 spiro atoms. The highest BCUT2D eigenvalue weighted by Gasteiger charge is 2.10. The third kappa shape index (κ3) is 5.62. The van der Waals surface area contributed by atoms with Crippen LogP contribution in [-0.2, 0) is 16.1 Å². The quantitative estimate of drug-likeness (QED) is 0.591. The lowest BCUT2D eigenvalue weighted by atomic mass is 10.2. The second-order valence-electron chi connectivity index (χ2n) is 5.99. The minimum atomic E-state index is -0.587. The second kappa shape index (κ2) is 9.09. The van der Waals surface area contributed by atoms with Gasteiger partial charge in [-0.3, -0.25) is 9.59 Å². The van der Waals surface area contributed by atoms with Crippen LogP contribution in [0.1, 0.15) is 21.6 Å². The van der Waals surface area contributed by atoms with Crippen LogP contribution in [0.5, 0.6) is 0 Å². The molecular weight excluding hydrogens is 381 g/mol. The van der Waals surface area contributed by atoms with E-state index in [2.05, 4.69) is 15.6 Å². The van der Waals surface area contributed by atoms with Crippen LogP contribution in [0.4, 0.5) is 15.2 Å². The third-order valence-electron chi connectivity index (χ3n) is 3.74. The number of aryl methyl sites for hydroxylation is 1. The zero-order valence-electron chi connectivity index (χ0n) is 15.1. The van der Waals surface area contributed by atoms with Gasteiger partial charge >= 0.3 is 5.97 Å². The molecule has 0 radical (unpaired) electrons. The maximum absolute atomic E-state index is 12.9. The lowest BCUT2D eigenvalue weighted by molar-refractivity contribution is -0.143. The van der Waals surface area contributed by atoms with Crippen molar-refractivity contribution in [3.63, 3.8) is 0 Å². The second-order valence-corrected chi connectivity index (χ2v) is 6.84. The van der Waals surface area contributed by atoms with E-state index in [4.69, 9.17) is 4.74 Å². The molecule has 0 aliphatic heterocycles. The molecule has 28 heavy (non-hydrogen) atoms. The lowest BCUT2D eigenvalue weighted by Gasteiger charge is -2.06. The molecule has 1 amide bonds. The molecule has 0 aliphatic carbocycles. The number of hydrogen-bond acceptors (Lipinski definition) is 6. The van der Waals surface area contributed by atoms with Gasteiger partial charge in [-0.15, -0.1) is 11.3 Å². The Morgan fingerprint density at radius 3 is 2.54 bits per heavy atom. The SMILES string of the molecule is Cc1ccc(Nc2nc(COC(=O)CNC(=O)c3ccc(F)cc3)cs2)cc1. The Morgan fingerprint density at radius 1 is 1.11 bits per heavy atom. The third-order valence-corrected chi connectivity index (χ3v) is 4.54. The van der Waals surface area contributed by atoms with Crippen LogP contribution >= 0.6 is 11.3 Å². The van der Waals surface area contributed by atoms with Crippen molar-refractivity contribution < 1.29 is 18.7 Å².